The summed E-state index contributed by atoms with van der Waals surface area (Å²) in [4.78, 5) is -1.32. The topological polar surface area (TPSA) is 175 Å². The smallest absolute Gasteiger partial charge is 0.282 e. The van der Waals surface area contributed by atoms with Crippen molar-refractivity contribution in [2.24, 2.45) is 0 Å². The molecule has 0 amide bonds. The molecule has 0 bridgehead atoms. The van der Waals surface area contributed by atoms with Crippen LogP contribution in [-0.4, -0.2) is 38.9 Å². The van der Waals surface area contributed by atoms with E-state index < -0.39 is 46.0 Å². The summed E-state index contributed by atoms with van der Waals surface area (Å²) < 4.78 is 95.0. The molecule has 23 heavy (non-hydrogen) atoms. The molecule has 0 heterocycles. The zero-order valence-corrected chi connectivity index (χ0v) is 13.4. The Morgan fingerprint density at radius 1 is 0.739 bits per heavy atom. The van der Waals surface area contributed by atoms with E-state index in [1.54, 1.807) is 4.72 Å². The lowest BCUT2D eigenvalue weighted by Gasteiger charge is -2.10. The fraction of sp³-hybridized carbons (Fsp3) is 0. The van der Waals surface area contributed by atoms with Crippen molar-refractivity contribution in [3.63, 3.8) is 0 Å². The van der Waals surface area contributed by atoms with Gasteiger partial charge in [-0.2, -0.15) is 25.3 Å². The van der Waals surface area contributed by atoms with Gasteiger partial charge in [-0.1, -0.05) is 6.07 Å². The number of rotatable bonds is 4. The Bertz CT molecular complexity index is 1100. The summed E-state index contributed by atoms with van der Waals surface area (Å²) in [6.45, 7) is 0. The lowest BCUT2D eigenvalue weighted by Crippen LogP contribution is -2.11. The van der Waals surface area contributed by atoms with Gasteiger partial charge in [0.2, 0.25) is 0 Å². The minimum Gasteiger partial charge on any atom is -0.282 e. The maximum Gasteiger partial charge on any atom is 0.357 e. The first-order valence-electron chi connectivity index (χ1n) is 5.55. The van der Waals surface area contributed by atoms with E-state index >= 15 is 0 Å². The van der Waals surface area contributed by atoms with Crippen LogP contribution in [0.25, 0.3) is 10.8 Å². The van der Waals surface area contributed by atoms with Crippen molar-refractivity contribution in [2.45, 2.75) is 9.79 Å². The monoisotopic (exact) mass is 383 g/mol. The maximum atomic E-state index is 11.2. The van der Waals surface area contributed by atoms with Crippen molar-refractivity contribution < 1.29 is 38.9 Å². The van der Waals surface area contributed by atoms with Crippen molar-refractivity contribution in [1.29, 1.82) is 0 Å². The first-order chi connectivity index (χ1) is 10.3. The molecule has 2 aromatic rings. The highest BCUT2D eigenvalue weighted by atomic mass is 32.2. The normalized spacial score (nSPS) is 13.2. The van der Waals surface area contributed by atoms with Gasteiger partial charge in [0.1, 0.15) is 0 Å². The summed E-state index contributed by atoms with van der Waals surface area (Å²) >= 11 is 0. The summed E-state index contributed by atoms with van der Waals surface area (Å²) in [5.41, 5.74) is -0.417. The lowest BCUT2D eigenvalue weighted by atomic mass is 10.1. The number of anilines is 1. The average molecular weight is 383 g/mol. The molecule has 0 aliphatic carbocycles. The van der Waals surface area contributed by atoms with Crippen LogP contribution in [0, 0.1) is 0 Å². The fourth-order valence-corrected chi connectivity index (χ4v) is 3.36. The van der Waals surface area contributed by atoms with Crippen molar-refractivity contribution in [3.8, 4) is 0 Å². The molecule has 2 aromatic carbocycles. The molecule has 10 nitrogen and oxygen atoms in total. The number of benzene rings is 2. The van der Waals surface area contributed by atoms with Gasteiger partial charge in [0, 0.05) is 5.39 Å². The summed E-state index contributed by atoms with van der Waals surface area (Å²) in [6, 6.07) is 4.50. The summed E-state index contributed by atoms with van der Waals surface area (Å²) in [6.07, 6.45) is 0. The maximum absolute atomic E-state index is 11.2. The Hall–Kier alpha value is -1.77. The molecule has 4 N–H and O–H groups in total. The number of nitrogens with one attached hydrogen (secondary N) is 1. The SMILES string of the molecule is O=S(=O)(O)Nc1cc(S(=O)(=O)O)cc2cc(S(=O)(=O)O)ccc12. The zero-order chi connectivity index (χ0) is 17.6. The van der Waals surface area contributed by atoms with E-state index in [1.165, 1.54) is 0 Å². The second-order valence-electron chi connectivity index (χ2n) is 4.38. The summed E-state index contributed by atoms with van der Waals surface area (Å²) in [5, 5.41) is -0.108. The van der Waals surface area contributed by atoms with Crippen molar-refractivity contribution in [2.75, 3.05) is 4.72 Å². The van der Waals surface area contributed by atoms with Gasteiger partial charge >= 0.3 is 10.3 Å². The Morgan fingerprint density at radius 2 is 1.26 bits per heavy atom. The quantitative estimate of drug-likeness (QED) is 0.549. The van der Waals surface area contributed by atoms with E-state index in [2.05, 4.69) is 0 Å². The number of hydrogen-bond donors (Lipinski definition) is 4. The fourth-order valence-electron chi connectivity index (χ4n) is 1.85. The van der Waals surface area contributed by atoms with Crippen LogP contribution in [0.5, 0.6) is 0 Å². The lowest BCUT2D eigenvalue weighted by molar-refractivity contribution is 0.481. The Labute approximate surface area is 131 Å². The molecule has 0 spiro atoms. The van der Waals surface area contributed by atoms with Gasteiger partial charge < -0.3 is 0 Å². The van der Waals surface area contributed by atoms with Crippen LogP contribution in [0.1, 0.15) is 0 Å². The molecule has 2 rings (SSSR count). The highest BCUT2D eigenvalue weighted by Crippen LogP contribution is 2.30. The van der Waals surface area contributed by atoms with E-state index in [4.69, 9.17) is 13.7 Å². The van der Waals surface area contributed by atoms with Crippen molar-refractivity contribution in [3.05, 3.63) is 30.3 Å². The Kier molecular flexibility index (Phi) is 4.13. The van der Waals surface area contributed by atoms with Gasteiger partial charge in [-0.25, -0.2) is 0 Å². The second kappa shape index (κ2) is 5.40. The van der Waals surface area contributed by atoms with Crippen LogP contribution >= 0.6 is 0 Å². The Balaban J connectivity index is 2.88. The van der Waals surface area contributed by atoms with Crippen LogP contribution in [0.15, 0.2) is 40.1 Å². The van der Waals surface area contributed by atoms with Crippen LogP contribution in [0.2, 0.25) is 0 Å². The van der Waals surface area contributed by atoms with Crippen molar-refractivity contribution in [1.82, 2.24) is 0 Å². The molecule has 0 fully saturated rings. The predicted octanol–water partition coefficient (Wildman–Crippen LogP) is 0.548. The van der Waals surface area contributed by atoms with Gasteiger partial charge in [0.25, 0.3) is 20.2 Å². The van der Waals surface area contributed by atoms with Gasteiger partial charge in [0.05, 0.1) is 15.5 Å². The first kappa shape index (κ1) is 17.6. The van der Waals surface area contributed by atoms with Crippen LogP contribution in [0.3, 0.4) is 0 Å². The van der Waals surface area contributed by atoms with Gasteiger partial charge in [-0.15, -0.1) is 0 Å². The van der Waals surface area contributed by atoms with Crippen LogP contribution < -0.4 is 4.72 Å². The third-order valence-electron chi connectivity index (χ3n) is 2.73. The van der Waals surface area contributed by atoms with E-state index in [1.807, 2.05) is 0 Å². The molecule has 0 saturated heterocycles. The molecular formula is C10H9NO9S3. The molecule has 0 atom stereocenters. The molecule has 0 saturated carbocycles. The largest absolute Gasteiger partial charge is 0.357 e. The van der Waals surface area contributed by atoms with E-state index in [0.29, 0.717) is 0 Å². The minimum atomic E-state index is -4.76. The van der Waals surface area contributed by atoms with E-state index in [9.17, 15) is 25.3 Å². The second-order valence-corrected chi connectivity index (χ2v) is 8.38. The highest BCUT2D eigenvalue weighted by Gasteiger charge is 2.18. The van der Waals surface area contributed by atoms with Crippen LogP contribution in [0.4, 0.5) is 5.69 Å². The molecule has 0 unspecified atom stereocenters. The molecule has 126 valence electrons. The standard InChI is InChI=1S/C10H9NO9S3/c12-21(13,14)7-1-2-9-6(3-7)4-8(22(15,16)17)5-10(9)11-23(18,19)20/h1-5,11H,(H,12,13,14)(H,15,16,17)(H,18,19,20). The third-order valence-corrected chi connectivity index (χ3v) is 4.89. The minimum absolute atomic E-state index is 0.0161. The Morgan fingerprint density at radius 3 is 1.74 bits per heavy atom. The van der Waals surface area contributed by atoms with Gasteiger partial charge in [0.15, 0.2) is 0 Å². The van der Waals surface area contributed by atoms with Gasteiger partial charge in [-0.05, 0) is 29.7 Å². The molecule has 13 heteroatoms. The molecule has 0 aliphatic rings. The average Bonchev–Trinajstić information content (AvgIpc) is 2.33. The van der Waals surface area contributed by atoms with Gasteiger partial charge in [-0.3, -0.25) is 18.4 Å². The summed E-state index contributed by atoms with van der Waals surface area (Å²) in [5.74, 6) is 0. The first-order valence-corrected chi connectivity index (χ1v) is 9.87. The molecule has 0 radical (unpaired) electrons. The predicted molar refractivity (Wildman–Crippen MR) is 78.7 cm³/mol. The van der Waals surface area contributed by atoms with E-state index in [0.717, 1.165) is 30.3 Å². The molecular weight excluding hydrogens is 374 g/mol. The number of fused-ring (bicyclic) bond motifs is 1. The highest BCUT2D eigenvalue weighted by molar-refractivity contribution is 7.87. The van der Waals surface area contributed by atoms with Crippen molar-refractivity contribution >= 4 is 47.0 Å². The third kappa shape index (κ3) is 4.15. The zero-order valence-electron chi connectivity index (χ0n) is 10.9. The van der Waals surface area contributed by atoms with Crippen LogP contribution in [-0.2, 0) is 30.5 Å². The molecule has 0 aromatic heterocycles. The van der Waals surface area contributed by atoms with E-state index in [-0.39, 0.29) is 10.8 Å². The number of hydrogen-bond acceptors (Lipinski definition) is 6. The molecule has 0 aliphatic heterocycles. The summed E-state index contributed by atoms with van der Waals surface area (Å²) in [7, 11) is -14.1.